The van der Waals surface area contributed by atoms with Crippen LogP contribution in [0.3, 0.4) is 0 Å². The lowest BCUT2D eigenvalue weighted by molar-refractivity contribution is -0.147. The molecule has 3 aliphatic rings. The average molecular weight is 845 g/mol. The summed E-state index contributed by atoms with van der Waals surface area (Å²) >= 11 is 0. The molecule has 2 saturated heterocycles. The molecule has 0 saturated carbocycles. The maximum Gasteiger partial charge on any atom is 0.452 e. The number of rotatable bonds is 12. The first-order valence-corrected chi connectivity index (χ1v) is 21.4. The molecule has 6 heterocycles. The normalized spacial score (nSPS) is 20.4. The number of sulfonamides is 1. The summed E-state index contributed by atoms with van der Waals surface area (Å²) in [6.45, 7) is 19.9. The van der Waals surface area contributed by atoms with Gasteiger partial charge >= 0.3 is 12.1 Å². The van der Waals surface area contributed by atoms with E-state index in [-0.39, 0.29) is 35.6 Å². The molecular weight excluding hydrogens is 790 g/mol. The second kappa shape index (κ2) is 17.0. The number of ether oxygens (including phenoxy) is 3. The molecule has 6 rings (SSSR count). The molecule has 13 nitrogen and oxygen atoms in total. The van der Waals surface area contributed by atoms with Crippen LogP contribution in [0.5, 0.6) is 11.8 Å². The van der Waals surface area contributed by atoms with Crippen molar-refractivity contribution in [3.05, 3.63) is 76.3 Å². The minimum atomic E-state index is -4.74. The highest BCUT2D eigenvalue weighted by atomic mass is 32.2. The van der Waals surface area contributed by atoms with Crippen LogP contribution < -0.4 is 9.47 Å². The quantitative estimate of drug-likeness (QED) is 0.183. The third kappa shape index (κ3) is 9.22. The maximum absolute atomic E-state index is 14.6. The van der Waals surface area contributed by atoms with Crippen LogP contribution >= 0.6 is 0 Å². The van der Waals surface area contributed by atoms with Gasteiger partial charge in [-0.05, 0) is 103 Å². The van der Waals surface area contributed by atoms with Gasteiger partial charge in [0.2, 0.25) is 27.6 Å². The van der Waals surface area contributed by atoms with E-state index in [1.165, 1.54) is 36.8 Å². The molecule has 3 aliphatic heterocycles. The summed E-state index contributed by atoms with van der Waals surface area (Å²) in [5, 5.41) is 17.4. The molecule has 0 radical (unpaired) electrons. The van der Waals surface area contributed by atoms with Gasteiger partial charge in [-0.15, -0.1) is 10.2 Å². The summed E-state index contributed by atoms with van der Waals surface area (Å²) in [5.74, 6) is -2.86. The van der Waals surface area contributed by atoms with Crippen molar-refractivity contribution < 1.29 is 45.7 Å². The number of piperidine rings is 1. The second-order valence-electron chi connectivity index (χ2n) is 16.8. The van der Waals surface area contributed by atoms with E-state index >= 15 is 0 Å². The van der Waals surface area contributed by atoms with Crippen LogP contribution in [0.2, 0.25) is 0 Å². The third-order valence-corrected chi connectivity index (χ3v) is 13.7. The predicted molar refractivity (Wildman–Crippen MR) is 215 cm³/mol. The number of fused-ring (bicyclic) bond motifs is 2. The van der Waals surface area contributed by atoms with Crippen LogP contribution in [-0.4, -0.2) is 106 Å². The Bertz CT molecular complexity index is 2260. The number of hydrogen-bond donors (Lipinski definition) is 1. The van der Waals surface area contributed by atoms with Crippen molar-refractivity contribution in [2.45, 2.75) is 109 Å². The number of halogens is 3. The molecule has 3 aromatic heterocycles. The zero-order valence-corrected chi connectivity index (χ0v) is 35.7. The molecule has 0 aliphatic carbocycles. The molecule has 0 aromatic carbocycles. The SMILES string of the molecule is C=C(/C=C\C(C)=C(/C)CN1CC2(CCOCC2)Oc2nc(O[C@H](C)CN3CCCCC3)c(C)cc2S1(=O)=O)[C@@H](c1ccn2c(C(F)(F)F)nnc2c1C)C(C)(C)C(=O)O. The van der Waals surface area contributed by atoms with Gasteiger partial charge < -0.3 is 19.3 Å². The Morgan fingerprint density at radius 2 is 1.78 bits per heavy atom. The molecule has 0 amide bonds. The van der Waals surface area contributed by atoms with Crippen molar-refractivity contribution in [2.75, 3.05) is 45.9 Å². The molecule has 0 unspecified atom stereocenters. The minimum absolute atomic E-state index is 0.0102. The van der Waals surface area contributed by atoms with E-state index in [0.29, 0.717) is 65.3 Å². The summed E-state index contributed by atoms with van der Waals surface area (Å²) in [6.07, 6.45) is 4.13. The van der Waals surface area contributed by atoms with Gasteiger partial charge in [0.15, 0.2) is 5.65 Å². The van der Waals surface area contributed by atoms with Gasteiger partial charge in [-0.1, -0.05) is 36.3 Å². The van der Waals surface area contributed by atoms with Crippen LogP contribution in [0, 0.1) is 19.3 Å². The summed E-state index contributed by atoms with van der Waals surface area (Å²) in [7, 11) is -4.14. The van der Waals surface area contributed by atoms with Crippen LogP contribution in [0.4, 0.5) is 13.2 Å². The number of aryl methyl sites for hydroxylation is 2. The van der Waals surface area contributed by atoms with Crippen LogP contribution in [-0.2, 0) is 25.7 Å². The largest absolute Gasteiger partial charge is 0.481 e. The van der Waals surface area contributed by atoms with E-state index < -0.39 is 44.9 Å². The van der Waals surface area contributed by atoms with Gasteiger partial charge in [0, 0.05) is 43.6 Å². The zero-order valence-electron chi connectivity index (χ0n) is 34.9. The number of carboxylic acids is 1. The maximum atomic E-state index is 14.6. The standard InChI is InChI=1S/C42H55F3N6O7S/c1-26(12-13-27(2)34(40(7,8)39(52)53)32-14-19-51-35(31(32)6)47-48-38(51)42(43,44)45)29(4)23-50-25-41(15-20-56-21-16-41)58-37-33(59(50,54)55)22-28(3)36(46-37)57-30(5)24-49-17-10-9-11-18-49/h12-14,19,22,30,34H,2,9-11,15-18,20-21,23-25H2,1,3-8H3,(H,52,53)/b13-12-,29-26+/t30-,34+/m1/s1. The number of likely N-dealkylation sites (tertiary alicyclic amines) is 1. The van der Waals surface area contributed by atoms with Crippen LogP contribution in [0.15, 0.2) is 58.7 Å². The van der Waals surface area contributed by atoms with E-state index in [1.807, 2.05) is 20.8 Å². The molecule has 2 atom stereocenters. The molecule has 59 heavy (non-hydrogen) atoms. The first-order chi connectivity index (χ1) is 27.6. The Morgan fingerprint density at radius 1 is 1.10 bits per heavy atom. The van der Waals surface area contributed by atoms with Crippen molar-refractivity contribution in [1.29, 1.82) is 0 Å². The molecule has 322 valence electrons. The number of carboxylic acid groups (broad SMARTS) is 1. The lowest BCUT2D eigenvalue weighted by Gasteiger charge is -2.38. The van der Waals surface area contributed by atoms with Crippen molar-refractivity contribution in [2.24, 2.45) is 5.41 Å². The Kier molecular flexibility index (Phi) is 12.7. The van der Waals surface area contributed by atoms with E-state index in [2.05, 4.69) is 21.7 Å². The van der Waals surface area contributed by atoms with E-state index in [9.17, 15) is 31.5 Å². The van der Waals surface area contributed by atoms with Crippen molar-refractivity contribution in [1.82, 2.24) is 28.8 Å². The fourth-order valence-corrected chi connectivity index (χ4v) is 9.91. The highest BCUT2D eigenvalue weighted by molar-refractivity contribution is 7.89. The molecule has 1 N–H and O–H groups in total. The molecular formula is C42H55F3N6O7S. The van der Waals surface area contributed by atoms with Gasteiger partial charge in [0.05, 0.1) is 25.2 Å². The summed E-state index contributed by atoms with van der Waals surface area (Å²) in [4.78, 5) is 19.7. The number of hydrogen-bond acceptors (Lipinski definition) is 10. The number of alkyl halides is 3. The van der Waals surface area contributed by atoms with Gasteiger partial charge in [-0.25, -0.2) is 8.42 Å². The topological polar surface area (TPSA) is 149 Å². The number of allylic oxidation sites excluding steroid dienone is 4. The summed E-state index contributed by atoms with van der Waals surface area (Å²) in [5.41, 5.74) is 0.756. The number of carbonyl (C=O) groups is 1. The van der Waals surface area contributed by atoms with E-state index in [4.69, 9.17) is 19.2 Å². The van der Waals surface area contributed by atoms with E-state index in [0.717, 1.165) is 36.9 Å². The zero-order chi connectivity index (χ0) is 43.1. The Morgan fingerprint density at radius 3 is 2.42 bits per heavy atom. The highest BCUT2D eigenvalue weighted by Gasteiger charge is 2.46. The van der Waals surface area contributed by atoms with Crippen LogP contribution in [0.25, 0.3) is 5.65 Å². The van der Waals surface area contributed by atoms with Crippen molar-refractivity contribution in [3.63, 3.8) is 0 Å². The smallest absolute Gasteiger partial charge is 0.452 e. The predicted octanol–water partition coefficient (Wildman–Crippen LogP) is 7.29. The Labute approximate surface area is 344 Å². The van der Waals surface area contributed by atoms with E-state index in [1.54, 1.807) is 32.1 Å². The summed E-state index contributed by atoms with van der Waals surface area (Å²) in [6, 6.07) is 3.02. The number of aliphatic carboxylic acids is 1. The first-order valence-electron chi connectivity index (χ1n) is 20.0. The third-order valence-electron chi connectivity index (χ3n) is 11.9. The van der Waals surface area contributed by atoms with Gasteiger partial charge in [-0.2, -0.15) is 22.5 Å². The monoisotopic (exact) mass is 844 g/mol. The fourth-order valence-electron chi connectivity index (χ4n) is 8.23. The second-order valence-corrected chi connectivity index (χ2v) is 18.7. The lowest BCUT2D eigenvalue weighted by Crippen LogP contribution is -2.51. The average Bonchev–Trinajstić information content (AvgIpc) is 3.60. The number of aromatic nitrogens is 4. The fraction of sp³-hybridized carbons (Fsp3) is 0.571. The Balaban J connectivity index is 1.29. The first kappa shape index (κ1) is 44.2. The lowest BCUT2D eigenvalue weighted by atomic mass is 9.70. The van der Waals surface area contributed by atoms with Crippen molar-refractivity contribution >= 4 is 21.6 Å². The number of nitrogens with zero attached hydrogens (tertiary/aromatic N) is 6. The molecule has 3 aromatic rings. The highest BCUT2D eigenvalue weighted by Crippen LogP contribution is 2.44. The van der Waals surface area contributed by atoms with Crippen LogP contribution in [0.1, 0.15) is 95.2 Å². The molecule has 0 bridgehead atoms. The Hall–Kier alpha value is -4.32. The number of pyridine rings is 2. The van der Waals surface area contributed by atoms with Crippen molar-refractivity contribution in [3.8, 4) is 11.8 Å². The molecule has 2 fully saturated rings. The summed E-state index contributed by atoms with van der Waals surface area (Å²) < 4.78 is 90.9. The van der Waals surface area contributed by atoms with Gasteiger partial charge in [-0.3, -0.25) is 14.1 Å². The molecule has 1 spiro atoms. The minimum Gasteiger partial charge on any atom is -0.481 e. The van der Waals surface area contributed by atoms with Gasteiger partial charge in [0.1, 0.15) is 16.6 Å². The molecule has 17 heteroatoms. The van der Waals surface area contributed by atoms with Gasteiger partial charge in [0.25, 0.3) is 0 Å².